The lowest BCUT2D eigenvalue weighted by Gasteiger charge is -2.31. The topological polar surface area (TPSA) is 46.3 Å². The second-order valence-corrected chi connectivity index (χ2v) is 5.00. The minimum atomic E-state index is 0.0422. The molecule has 0 aliphatic heterocycles. The van der Waals surface area contributed by atoms with Crippen LogP contribution in [0.25, 0.3) is 0 Å². The molecule has 0 aromatic heterocycles. The van der Waals surface area contributed by atoms with E-state index in [-0.39, 0.29) is 5.41 Å². The average Bonchev–Trinajstić information content (AvgIpc) is 2.96. The van der Waals surface area contributed by atoms with Gasteiger partial charge in [0.2, 0.25) is 5.91 Å². The molecule has 3 nitrogen and oxygen atoms in total. The summed E-state index contributed by atoms with van der Waals surface area (Å²) in [6.45, 7) is 8.47. The monoisotopic (exact) mass is 198 g/mol. The summed E-state index contributed by atoms with van der Waals surface area (Å²) in [6.07, 6.45) is 2.16. The maximum Gasteiger partial charge on any atom is 0.225 e. The Morgan fingerprint density at radius 1 is 1.50 bits per heavy atom. The molecule has 1 aliphatic carbocycles. The van der Waals surface area contributed by atoms with Crippen LogP contribution in [0.2, 0.25) is 0 Å². The molecule has 0 unspecified atom stereocenters. The summed E-state index contributed by atoms with van der Waals surface area (Å²) in [5.74, 6) is 0.651. The Morgan fingerprint density at radius 3 is 2.43 bits per heavy atom. The number of hydrogen-bond donors (Lipinski definition) is 1. The van der Waals surface area contributed by atoms with Crippen LogP contribution in [0.3, 0.4) is 0 Å². The molecule has 3 heteroatoms. The van der Waals surface area contributed by atoms with E-state index in [0.717, 1.165) is 25.9 Å². The van der Waals surface area contributed by atoms with Crippen molar-refractivity contribution in [3.63, 3.8) is 0 Å². The van der Waals surface area contributed by atoms with E-state index in [1.54, 1.807) is 0 Å². The summed E-state index contributed by atoms with van der Waals surface area (Å²) in [7, 11) is 0. The first kappa shape index (κ1) is 11.5. The third-order valence-corrected chi connectivity index (χ3v) is 2.79. The van der Waals surface area contributed by atoms with E-state index >= 15 is 0 Å². The SMILES string of the molecule is CCN(CC(C)(C)CN)C(=O)C1CC1. The zero-order valence-corrected chi connectivity index (χ0v) is 9.55. The third-order valence-electron chi connectivity index (χ3n) is 2.79. The highest BCUT2D eigenvalue weighted by Gasteiger charge is 2.34. The van der Waals surface area contributed by atoms with Gasteiger partial charge < -0.3 is 10.6 Å². The summed E-state index contributed by atoms with van der Waals surface area (Å²) >= 11 is 0. The lowest BCUT2D eigenvalue weighted by Crippen LogP contribution is -2.42. The summed E-state index contributed by atoms with van der Waals surface area (Å²) in [5, 5.41) is 0. The summed E-state index contributed by atoms with van der Waals surface area (Å²) < 4.78 is 0. The number of hydrogen-bond acceptors (Lipinski definition) is 2. The Kier molecular flexibility index (Phi) is 3.53. The number of amides is 1. The zero-order chi connectivity index (χ0) is 10.8. The summed E-state index contributed by atoms with van der Waals surface area (Å²) in [5.41, 5.74) is 5.71. The normalized spacial score (nSPS) is 16.9. The number of carbonyl (C=O) groups excluding carboxylic acids is 1. The van der Waals surface area contributed by atoms with E-state index in [9.17, 15) is 4.79 Å². The van der Waals surface area contributed by atoms with Crippen LogP contribution in [0.5, 0.6) is 0 Å². The molecule has 0 saturated heterocycles. The number of nitrogens with two attached hydrogens (primary N) is 1. The molecule has 0 atom stereocenters. The van der Waals surface area contributed by atoms with Crippen molar-refractivity contribution in [2.45, 2.75) is 33.6 Å². The van der Waals surface area contributed by atoms with Gasteiger partial charge in [0.05, 0.1) is 0 Å². The van der Waals surface area contributed by atoms with Crippen molar-refractivity contribution < 1.29 is 4.79 Å². The Morgan fingerprint density at radius 2 is 2.07 bits per heavy atom. The molecule has 0 bridgehead atoms. The van der Waals surface area contributed by atoms with E-state index in [0.29, 0.717) is 18.4 Å². The fourth-order valence-electron chi connectivity index (χ4n) is 1.52. The predicted molar refractivity (Wildman–Crippen MR) is 57.8 cm³/mol. The zero-order valence-electron chi connectivity index (χ0n) is 9.55. The van der Waals surface area contributed by atoms with Crippen LogP contribution in [-0.4, -0.2) is 30.4 Å². The lowest BCUT2D eigenvalue weighted by molar-refractivity contribution is -0.133. The van der Waals surface area contributed by atoms with Gasteiger partial charge in [-0.15, -0.1) is 0 Å². The Hall–Kier alpha value is -0.570. The van der Waals surface area contributed by atoms with Crippen molar-refractivity contribution in [1.82, 2.24) is 4.90 Å². The largest absolute Gasteiger partial charge is 0.342 e. The first-order valence-electron chi connectivity index (χ1n) is 5.49. The van der Waals surface area contributed by atoms with Crippen LogP contribution < -0.4 is 5.73 Å². The molecule has 0 heterocycles. The van der Waals surface area contributed by atoms with Crippen molar-refractivity contribution in [2.24, 2.45) is 17.1 Å². The molecule has 1 fully saturated rings. The molecular weight excluding hydrogens is 176 g/mol. The predicted octanol–water partition coefficient (Wildman–Crippen LogP) is 1.23. The molecule has 0 aromatic carbocycles. The van der Waals surface area contributed by atoms with Gasteiger partial charge in [0.15, 0.2) is 0 Å². The minimum absolute atomic E-state index is 0.0422. The van der Waals surface area contributed by atoms with E-state index in [1.807, 2.05) is 11.8 Å². The van der Waals surface area contributed by atoms with Gasteiger partial charge >= 0.3 is 0 Å². The number of carbonyl (C=O) groups is 1. The van der Waals surface area contributed by atoms with Gasteiger partial charge in [-0.3, -0.25) is 4.79 Å². The molecule has 82 valence electrons. The Labute approximate surface area is 86.6 Å². The minimum Gasteiger partial charge on any atom is -0.342 e. The van der Waals surface area contributed by atoms with E-state index in [4.69, 9.17) is 5.73 Å². The highest BCUT2D eigenvalue weighted by Crippen LogP contribution is 2.31. The molecule has 1 saturated carbocycles. The Bertz CT molecular complexity index is 209. The van der Waals surface area contributed by atoms with Gasteiger partial charge in [0.25, 0.3) is 0 Å². The van der Waals surface area contributed by atoms with Crippen molar-refractivity contribution in [2.75, 3.05) is 19.6 Å². The van der Waals surface area contributed by atoms with Crippen molar-refractivity contribution in [3.8, 4) is 0 Å². The Balaban J connectivity index is 2.49. The fourth-order valence-corrected chi connectivity index (χ4v) is 1.52. The highest BCUT2D eigenvalue weighted by atomic mass is 16.2. The second-order valence-electron chi connectivity index (χ2n) is 5.00. The molecule has 0 radical (unpaired) electrons. The van der Waals surface area contributed by atoms with Crippen molar-refractivity contribution in [1.29, 1.82) is 0 Å². The third kappa shape index (κ3) is 2.98. The van der Waals surface area contributed by atoms with Crippen molar-refractivity contribution >= 4 is 5.91 Å². The van der Waals surface area contributed by atoms with Crippen LogP contribution >= 0.6 is 0 Å². The fraction of sp³-hybridized carbons (Fsp3) is 0.909. The molecule has 14 heavy (non-hydrogen) atoms. The standard InChI is InChI=1S/C11H22N2O/c1-4-13(8-11(2,3)7-12)10(14)9-5-6-9/h9H,4-8,12H2,1-3H3. The van der Waals surface area contributed by atoms with Gasteiger partial charge in [-0.1, -0.05) is 13.8 Å². The van der Waals surface area contributed by atoms with E-state index in [2.05, 4.69) is 13.8 Å². The van der Waals surface area contributed by atoms with Crippen LogP contribution in [-0.2, 0) is 4.79 Å². The van der Waals surface area contributed by atoms with Gasteiger partial charge in [-0.25, -0.2) is 0 Å². The number of nitrogens with zero attached hydrogens (tertiary/aromatic N) is 1. The molecular formula is C11H22N2O. The van der Waals surface area contributed by atoms with Crippen LogP contribution in [0.1, 0.15) is 33.6 Å². The summed E-state index contributed by atoms with van der Waals surface area (Å²) in [4.78, 5) is 13.8. The quantitative estimate of drug-likeness (QED) is 0.722. The first-order valence-corrected chi connectivity index (χ1v) is 5.49. The second kappa shape index (κ2) is 4.30. The maximum atomic E-state index is 11.8. The van der Waals surface area contributed by atoms with Gasteiger partial charge in [-0.2, -0.15) is 0 Å². The molecule has 1 amide bonds. The number of rotatable bonds is 5. The van der Waals surface area contributed by atoms with Crippen molar-refractivity contribution in [3.05, 3.63) is 0 Å². The van der Waals surface area contributed by atoms with Gasteiger partial charge in [-0.05, 0) is 31.7 Å². The van der Waals surface area contributed by atoms with Gasteiger partial charge in [0, 0.05) is 19.0 Å². The maximum absolute atomic E-state index is 11.8. The average molecular weight is 198 g/mol. The van der Waals surface area contributed by atoms with Crippen LogP contribution in [0, 0.1) is 11.3 Å². The lowest BCUT2D eigenvalue weighted by atomic mass is 9.93. The molecule has 1 rings (SSSR count). The summed E-state index contributed by atoms with van der Waals surface area (Å²) in [6, 6.07) is 0. The molecule has 1 aliphatic rings. The molecule has 0 aromatic rings. The highest BCUT2D eigenvalue weighted by molar-refractivity contribution is 5.81. The molecule has 0 spiro atoms. The smallest absolute Gasteiger partial charge is 0.225 e. The molecule has 2 N–H and O–H groups in total. The van der Waals surface area contributed by atoms with Crippen LogP contribution in [0.15, 0.2) is 0 Å². The van der Waals surface area contributed by atoms with Gasteiger partial charge in [0.1, 0.15) is 0 Å². The van der Waals surface area contributed by atoms with E-state index < -0.39 is 0 Å². The van der Waals surface area contributed by atoms with E-state index in [1.165, 1.54) is 0 Å². The van der Waals surface area contributed by atoms with Crippen LogP contribution in [0.4, 0.5) is 0 Å². The first-order chi connectivity index (χ1) is 6.50.